The summed E-state index contributed by atoms with van der Waals surface area (Å²) in [5, 5.41) is 9.58. The fraction of sp³-hybridized carbons (Fsp3) is 0.410. The van der Waals surface area contributed by atoms with Gasteiger partial charge in [-0.15, -0.1) is 0 Å². The highest BCUT2D eigenvalue weighted by molar-refractivity contribution is 6.37. The summed E-state index contributed by atoms with van der Waals surface area (Å²) in [6.45, 7) is 0. The van der Waals surface area contributed by atoms with E-state index < -0.39 is 64.6 Å². The van der Waals surface area contributed by atoms with Crippen LogP contribution in [0.3, 0.4) is 0 Å². The Morgan fingerprint density at radius 3 is 1.25 bits per heavy atom. The first-order chi connectivity index (χ1) is 39.3. The Morgan fingerprint density at radius 2 is 0.916 bits per heavy atom. The molecule has 2 aromatic heterocycles. The van der Waals surface area contributed by atoms with E-state index in [-0.39, 0.29) is 112 Å². The minimum absolute atomic E-state index is 0.0215. The van der Waals surface area contributed by atoms with Crippen molar-refractivity contribution in [3.63, 3.8) is 0 Å². The third kappa shape index (κ3) is 18.3. The molecule has 8 rings (SSSR count). The molecule has 2 aliphatic carbocycles. The van der Waals surface area contributed by atoms with Crippen molar-refractivity contribution in [2.45, 2.75) is 140 Å². The number of alkyl halides is 6. The van der Waals surface area contributed by atoms with Crippen molar-refractivity contribution in [2.24, 2.45) is 11.8 Å². The number of nitrogens with zero attached hydrogens (tertiary/aromatic N) is 2. The van der Waals surface area contributed by atoms with Gasteiger partial charge >= 0.3 is 24.3 Å². The molecule has 0 spiro atoms. The van der Waals surface area contributed by atoms with Crippen LogP contribution in [0.1, 0.15) is 169 Å². The van der Waals surface area contributed by atoms with Crippen LogP contribution < -0.4 is 0 Å². The lowest BCUT2D eigenvalue weighted by Crippen LogP contribution is -2.17. The van der Waals surface area contributed by atoms with Crippen LogP contribution in [-0.2, 0) is 49.1 Å². The van der Waals surface area contributed by atoms with E-state index in [1.807, 2.05) is 48.5 Å². The summed E-state index contributed by atoms with van der Waals surface area (Å²) < 4.78 is 96.2. The van der Waals surface area contributed by atoms with E-state index in [1.54, 1.807) is 0 Å². The topological polar surface area (TPSA) is 184 Å². The second kappa shape index (κ2) is 29.0. The number of oxazole rings is 2. The number of carbonyl (C=O) groups is 6. The van der Waals surface area contributed by atoms with Crippen LogP contribution in [0.25, 0.3) is 22.9 Å². The summed E-state index contributed by atoms with van der Waals surface area (Å²) in [6.07, 6.45) is -1.79. The molecule has 2 saturated carbocycles. The normalized spacial score (nSPS) is 17.3. The number of hydrogen-bond donors (Lipinski definition) is 1. The summed E-state index contributed by atoms with van der Waals surface area (Å²) in [5.74, 6) is -5.50. The molecule has 1 N–H and O–H groups in total. The number of benzene rings is 4. The zero-order chi connectivity index (χ0) is 60.2. The molecule has 12 nitrogen and oxygen atoms in total. The highest BCUT2D eigenvalue weighted by Crippen LogP contribution is 2.42. The molecule has 0 saturated heterocycles. The van der Waals surface area contributed by atoms with E-state index in [1.165, 1.54) is 49.1 Å². The molecule has 6 aromatic rings. The van der Waals surface area contributed by atoms with Gasteiger partial charge in [0.2, 0.25) is 23.3 Å². The van der Waals surface area contributed by atoms with E-state index in [4.69, 9.17) is 65.1 Å². The molecule has 442 valence electrons. The number of ketones is 4. The first kappa shape index (κ1) is 64.2. The van der Waals surface area contributed by atoms with Gasteiger partial charge in [0.25, 0.3) is 0 Å². The third-order valence-electron chi connectivity index (χ3n) is 14.9. The number of carboxylic acids is 1. The highest BCUT2D eigenvalue weighted by atomic mass is 35.5. The van der Waals surface area contributed by atoms with Gasteiger partial charge in [-0.05, 0) is 147 Å². The SMILES string of the molecule is COC(=O)CC1CCC(c2ccc(CC(=O)CCCC(=O)c3nc(-c4ccc(Cl)cc4Cl)oc3C(F)(F)F)cc2)CC1.O=C(O)CC1CCC(c2ccc(CC(=O)CCCC(=O)c3nc(-c4ccc(Cl)cc4Cl)oc3C(F)(F)F)cc2)CC1. The Morgan fingerprint density at radius 1 is 0.542 bits per heavy atom. The molecule has 0 amide bonds. The molecule has 83 heavy (non-hydrogen) atoms. The maximum atomic E-state index is 13.6. The average Bonchev–Trinajstić information content (AvgIpc) is 3.88. The standard InChI is InChI=1S/C31H30Cl2F3NO5.C30H28Cl2F3NO5/c1-41-27(40)16-19-7-11-21(12-8-19)20-9-5-18(6-10-20)15-23(38)3-2-4-26(39)28-29(31(34,35)36)42-30(37-28)24-14-13-22(32)17-25(24)33;31-21-12-13-23(24(32)16-21)29-36-27(28(41-29)30(33,34)35)25(38)3-1-2-22(37)14-17-4-8-19(9-5-17)20-10-6-18(7-11-20)15-26(39)40/h5-6,9-10,13-14,17,19,21H,2-4,7-8,11-12,15-16H2,1H3;4-5,8-9,12-13,16,18,20H,1-3,6-7,10-11,14-15H2,(H,39,40). The van der Waals surface area contributed by atoms with Crippen molar-refractivity contribution in [2.75, 3.05) is 7.11 Å². The van der Waals surface area contributed by atoms with Crippen LogP contribution in [0.4, 0.5) is 26.3 Å². The summed E-state index contributed by atoms with van der Waals surface area (Å²) >= 11 is 23.8. The van der Waals surface area contributed by atoms with Crippen molar-refractivity contribution in [1.82, 2.24) is 9.97 Å². The maximum absolute atomic E-state index is 13.6. The number of hydrogen-bond acceptors (Lipinski definition) is 11. The lowest BCUT2D eigenvalue weighted by atomic mass is 9.77. The van der Waals surface area contributed by atoms with Crippen molar-refractivity contribution in [1.29, 1.82) is 0 Å². The number of carbonyl (C=O) groups excluding carboxylic acids is 5. The Hall–Kier alpha value is -6.34. The number of aliphatic carboxylic acids is 1. The zero-order valence-corrected chi connectivity index (χ0v) is 47.9. The Kier molecular flexibility index (Phi) is 22.4. The van der Waals surface area contributed by atoms with Crippen molar-refractivity contribution in [3.05, 3.63) is 150 Å². The lowest BCUT2D eigenvalue weighted by molar-refractivity contribution is -0.153. The van der Waals surface area contributed by atoms with E-state index >= 15 is 0 Å². The fourth-order valence-electron chi connectivity index (χ4n) is 10.5. The number of carboxylic acid groups (broad SMARTS) is 1. The number of rotatable bonds is 22. The molecular weight excluding hydrogens is 1180 g/mol. The number of halogens is 10. The molecule has 2 aliphatic rings. The Balaban J connectivity index is 0.000000239. The van der Waals surface area contributed by atoms with Gasteiger partial charge in [-0.3, -0.25) is 28.8 Å². The van der Waals surface area contributed by atoms with E-state index in [0.717, 1.165) is 68.1 Å². The van der Waals surface area contributed by atoms with Gasteiger partial charge in [0.05, 0.1) is 28.3 Å². The molecule has 0 atom stereocenters. The quantitative estimate of drug-likeness (QED) is 0.0386. The minimum Gasteiger partial charge on any atom is -0.481 e. The number of Topliss-reactive ketones (excluding diaryl/α,β-unsaturated/α-hetero) is 4. The lowest BCUT2D eigenvalue weighted by Gasteiger charge is -2.28. The molecule has 4 aromatic carbocycles. The smallest absolute Gasteiger partial charge is 0.452 e. The van der Waals surface area contributed by atoms with Gasteiger partial charge in [-0.25, -0.2) is 9.97 Å². The van der Waals surface area contributed by atoms with E-state index in [9.17, 15) is 55.1 Å². The van der Waals surface area contributed by atoms with E-state index in [2.05, 4.69) is 9.97 Å². The first-order valence-corrected chi connectivity index (χ1v) is 28.5. The largest absolute Gasteiger partial charge is 0.481 e. The summed E-state index contributed by atoms with van der Waals surface area (Å²) in [7, 11) is 1.40. The van der Waals surface area contributed by atoms with Crippen molar-refractivity contribution >= 4 is 81.5 Å². The summed E-state index contributed by atoms with van der Waals surface area (Å²) in [5.41, 5.74) is 2.43. The third-order valence-corrected chi connectivity index (χ3v) is 16.0. The molecule has 0 aliphatic heterocycles. The number of esters is 1. The van der Waals surface area contributed by atoms with Crippen molar-refractivity contribution < 1.29 is 73.8 Å². The first-order valence-electron chi connectivity index (χ1n) is 27.0. The number of methoxy groups -OCH3 is 1. The van der Waals surface area contributed by atoms with Gasteiger partial charge in [-0.1, -0.05) is 94.9 Å². The van der Waals surface area contributed by atoms with Crippen LogP contribution in [-0.4, -0.2) is 57.3 Å². The molecule has 2 heterocycles. The fourth-order valence-corrected chi connectivity index (χ4v) is 11.5. The van der Waals surface area contributed by atoms with Crippen LogP contribution in [0, 0.1) is 11.8 Å². The van der Waals surface area contributed by atoms with Crippen LogP contribution in [0.15, 0.2) is 93.8 Å². The molecule has 0 unspecified atom stereocenters. The molecule has 0 radical (unpaired) electrons. The van der Waals surface area contributed by atoms with Crippen molar-refractivity contribution in [3.8, 4) is 22.9 Å². The zero-order valence-electron chi connectivity index (χ0n) is 44.9. The molecule has 0 bridgehead atoms. The predicted molar refractivity (Wildman–Crippen MR) is 299 cm³/mol. The predicted octanol–water partition coefficient (Wildman–Crippen LogP) is 17.2. The number of aromatic nitrogens is 2. The second-order valence-electron chi connectivity index (χ2n) is 20.9. The van der Waals surface area contributed by atoms with Gasteiger partial charge in [0.15, 0.2) is 23.0 Å². The highest BCUT2D eigenvalue weighted by Gasteiger charge is 2.43. The van der Waals surface area contributed by atoms with Crippen LogP contribution in [0.5, 0.6) is 0 Å². The van der Waals surface area contributed by atoms with E-state index in [0.29, 0.717) is 24.2 Å². The van der Waals surface area contributed by atoms with Gasteiger partial charge < -0.3 is 18.7 Å². The van der Waals surface area contributed by atoms with Gasteiger partial charge in [-0.2, -0.15) is 26.3 Å². The molecule has 2 fully saturated rings. The average molecular weight is 1230 g/mol. The summed E-state index contributed by atoms with van der Waals surface area (Å²) in [6, 6.07) is 23.8. The Bertz CT molecular complexity index is 3270. The molecule has 22 heteroatoms. The van der Waals surface area contributed by atoms with Gasteiger partial charge in [0.1, 0.15) is 11.6 Å². The molecular formula is C61H58Cl4F6N2O10. The number of ether oxygens (including phenoxy) is 1. The van der Waals surface area contributed by atoms with Gasteiger partial charge in [0, 0.05) is 61.4 Å². The minimum atomic E-state index is -4.95. The maximum Gasteiger partial charge on any atom is 0.452 e. The monoisotopic (exact) mass is 1230 g/mol. The Labute approximate surface area is 494 Å². The van der Waals surface area contributed by atoms with Crippen LogP contribution >= 0.6 is 46.4 Å². The summed E-state index contributed by atoms with van der Waals surface area (Å²) in [4.78, 5) is 80.5. The second-order valence-corrected chi connectivity index (χ2v) is 22.6. The van der Waals surface area contributed by atoms with Crippen LogP contribution in [0.2, 0.25) is 20.1 Å².